The molecular weight excluding hydrogens is 674 g/mol. The third-order valence-electron chi connectivity index (χ3n) is 6.55. The van der Waals surface area contributed by atoms with E-state index in [1.165, 1.54) is 29.2 Å². The van der Waals surface area contributed by atoms with Gasteiger partial charge in [0, 0.05) is 19.3 Å². The summed E-state index contributed by atoms with van der Waals surface area (Å²) in [6.07, 6.45) is -20.0. The molecule has 0 amide bonds. The summed E-state index contributed by atoms with van der Waals surface area (Å²) in [7, 11) is -4.45. The molecule has 1 fully saturated rings. The molecule has 0 saturated carbocycles. The molecule has 250 valence electrons. The maximum absolute atomic E-state index is 13.5. The maximum Gasteiger partial charge on any atom is 0.573 e. The van der Waals surface area contributed by atoms with E-state index in [4.69, 9.17) is 0 Å². The zero-order valence-corrected chi connectivity index (χ0v) is 23.7. The van der Waals surface area contributed by atoms with Crippen molar-refractivity contribution in [3.05, 3.63) is 100 Å². The molecule has 1 aliphatic rings. The Morgan fingerprint density at radius 1 is 0.652 bits per heavy atom. The fourth-order valence-electron chi connectivity index (χ4n) is 4.85. The average molecular weight is 694 g/mol. The van der Waals surface area contributed by atoms with E-state index >= 15 is 0 Å². The molecule has 0 bridgehead atoms. The van der Waals surface area contributed by atoms with E-state index in [0.29, 0.717) is 6.26 Å². The van der Waals surface area contributed by atoms with Gasteiger partial charge in [-0.05, 0) is 64.7 Å². The molecular formula is C28H19F12NO4S. The van der Waals surface area contributed by atoms with Gasteiger partial charge in [-0.25, -0.2) is 8.42 Å². The molecule has 3 aromatic carbocycles. The highest BCUT2D eigenvalue weighted by Gasteiger charge is 2.40. The number of likely N-dealkylation sites (tertiary alicyclic amines) is 1. The fourth-order valence-corrected chi connectivity index (χ4v) is 6.05. The Kier molecular flexibility index (Phi) is 9.13. The summed E-state index contributed by atoms with van der Waals surface area (Å²) in [6.45, 7) is -0.738. The summed E-state index contributed by atoms with van der Waals surface area (Å²) in [4.78, 5) is 0.667. The van der Waals surface area contributed by atoms with E-state index in [1.54, 1.807) is 0 Å². The molecule has 0 unspecified atom stereocenters. The summed E-state index contributed by atoms with van der Waals surface area (Å²) < 4.78 is 190. The number of halogens is 12. The third-order valence-corrected chi connectivity index (χ3v) is 7.82. The van der Waals surface area contributed by atoms with Gasteiger partial charge in [-0.15, -0.1) is 26.3 Å². The van der Waals surface area contributed by atoms with Gasteiger partial charge in [0.05, 0.1) is 22.1 Å². The van der Waals surface area contributed by atoms with Crippen LogP contribution < -0.4 is 9.47 Å². The maximum atomic E-state index is 13.5. The molecule has 18 heteroatoms. The van der Waals surface area contributed by atoms with Crippen LogP contribution in [0.2, 0.25) is 0 Å². The van der Waals surface area contributed by atoms with Crippen molar-refractivity contribution in [2.75, 3.05) is 19.3 Å². The average Bonchev–Trinajstić information content (AvgIpc) is 2.85. The Bertz CT molecular complexity index is 1610. The van der Waals surface area contributed by atoms with Crippen LogP contribution >= 0.6 is 0 Å². The fraction of sp³-hybridized carbons (Fsp3) is 0.286. The molecule has 0 radical (unpaired) electrons. The minimum Gasteiger partial charge on any atom is -0.406 e. The van der Waals surface area contributed by atoms with Gasteiger partial charge in [0.1, 0.15) is 11.5 Å². The van der Waals surface area contributed by atoms with Crippen molar-refractivity contribution in [1.82, 2.24) is 4.90 Å². The molecule has 4 rings (SSSR count). The summed E-state index contributed by atoms with van der Waals surface area (Å²) in [6, 6.07) is 7.92. The number of hydrogen-bond donors (Lipinski definition) is 0. The number of hydrogen-bond acceptors (Lipinski definition) is 5. The van der Waals surface area contributed by atoms with Gasteiger partial charge in [-0.2, -0.15) is 26.3 Å². The van der Waals surface area contributed by atoms with Crippen molar-refractivity contribution in [3.63, 3.8) is 0 Å². The molecule has 5 nitrogen and oxygen atoms in total. The molecule has 1 aliphatic heterocycles. The second-order valence-electron chi connectivity index (χ2n) is 10.0. The lowest BCUT2D eigenvalue weighted by molar-refractivity contribution is -0.275. The van der Waals surface area contributed by atoms with E-state index in [1.807, 2.05) is 0 Å². The number of benzene rings is 3. The smallest absolute Gasteiger partial charge is 0.406 e. The molecule has 0 atom stereocenters. The summed E-state index contributed by atoms with van der Waals surface area (Å²) in [5.74, 6) is -1.23. The van der Waals surface area contributed by atoms with Crippen molar-refractivity contribution in [3.8, 4) is 11.5 Å². The van der Waals surface area contributed by atoms with Crippen LogP contribution in [0.1, 0.15) is 33.9 Å². The van der Waals surface area contributed by atoms with Crippen LogP contribution in [0.3, 0.4) is 0 Å². The Balaban J connectivity index is 1.78. The summed E-state index contributed by atoms with van der Waals surface area (Å²) >= 11 is 0. The van der Waals surface area contributed by atoms with Crippen LogP contribution in [0.15, 0.2) is 72.3 Å². The number of rotatable bonds is 7. The van der Waals surface area contributed by atoms with Crippen molar-refractivity contribution in [1.29, 1.82) is 0 Å². The highest BCUT2D eigenvalue weighted by Crippen LogP contribution is 2.42. The van der Waals surface area contributed by atoms with Crippen LogP contribution in [-0.2, 0) is 22.2 Å². The molecule has 1 saturated heterocycles. The Morgan fingerprint density at radius 2 is 1.02 bits per heavy atom. The molecule has 0 aliphatic carbocycles. The number of alkyl halides is 12. The highest BCUT2D eigenvalue weighted by atomic mass is 32.2. The van der Waals surface area contributed by atoms with Crippen molar-refractivity contribution < 1.29 is 70.6 Å². The number of ether oxygens (including phenoxy) is 2. The monoisotopic (exact) mass is 693 g/mol. The van der Waals surface area contributed by atoms with E-state index in [9.17, 15) is 61.1 Å². The predicted molar refractivity (Wildman–Crippen MR) is 138 cm³/mol. The minimum atomic E-state index is -5.26. The second-order valence-corrected chi connectivity index (χ2v) is 12.0. The first-order valence-electron chi connectivity index (χ1n) is 12.6. The van der Waals surface area contributed by atoms with Crippen LogP contribution in [0, 0.1) is 0 Å². The SMILES string of the molecule is CS(=O)(=O)C(=C1CN(C(c2ccc(OC(F)(F)F)cc2)c2ccc(OC(F)(F)F)cc2)C1)c1cc(C(F)(F)F)cc(C(F)(F)F)c1. The lowest BCUT2D eigenvalue weighted by atomic mass is 9.91. The number of sulfone groups is 1. The lowest BCUT2D eigenvalue weighted by Gasteiger charge is -2.42. The lowest BCUT2D eigenvalue weighted by Crippen LogP contribution is -2.44. The first-order chi connectivity index (χ1) is 20.9. The zero-order valence-electron chi connectivity index (χ0n) is 22.9. The van der Waals surface area contributed by atoms with Gasteiger partial charge >= 0.3 is 25.1 Å². The van der Waals surface area contributed by atoms with E-state index < -0.39 is 74.1 Å². The molecule has 0 N–H and O–H groups in total. The third kappa shape index (κ3) is 8.65. The molecule has 1 heterocycles. The van der Waals surface area contributed by atoms with Gasteiger partial charge < -0.3 is 9.47 Å². The quantitative estimate of drug-likeness (QED) is 0.233. The largest absolute Gasteiger partial charge is 0.573 e. The summed E-state index contributed by atoms with van der Waals surface area (Å²) in [5, 5.41) is 0. The highest BCUT2D eigenvalue weighted by molar-refractivity contribution is 8.00. The van der Waals surface area contributed by atoms with Crippen molar-refractivity contribution >= 4 is 14.7 Å². The topological polar surface area (TPSA) is 55.8 Å². The standard InChI is InChI=1S/C28H19F12NO4S/c1-46(42,43)24(17-10-19(25(29,30)31)12-20(11-17)26(32,33)34)18-13-41(14-18)23(15-2-6-21(7-3-15)44-27(35,36)37)16-4-8-22(9-5-16)45-28(38,39)40/h2-12,23H,13-14H2,1H3. The van der Waals surface area contributed by atoms with Crippen LogP contribution in [-0.4, -0.2) is 45.4 Å². The van der Waals surface area contributed by atoms with Crippen molar-refractivity contribution in [2.45, 2.75) is 31.1 Å². The van der Waals surface area contributed by atoms with Gasteiger partial charge in [-0.3, -0.25) is 4.90 Å². The first kappa shape index (κ1) is 34.9. The summed E-state index contributed by atoms with van der Waals surface area (Å²) in [5.41, 5.74) is -3.96. The minimum absolute atomic E-state index is 0.0889. The van der Waals surface area contributed by atoms with Gasteiger partial charge in [0.25, 0.3) is 0 Å². The molecule has 3 aromatic rings. The van der Waals surface area contributed by atoms with Crippen molar-refractivity contribution in [2.24, 2.45) is 0 Å². The number of nitrogens with zero attached hydrogens (tertiary/aromatic N) is 1. The molecule has 46 heavy (non-hydrogen) atoms. The van der Waals surface area contributed by atoms with Gasteiger partial charge in [0.2, 0.25) is 0 Å². The zero-order chi connectivity index (χ0) is 34.5. The van der Waals surface area contributed by atoms with Crippen LogP contribution in [0.4, 0.5) is 52.7 Å². The second kappa shape index (κ2) is 12.0. The van der Waals surface area contributed by atoms with E-state index in [-0.39, 0.29) is 48.0 Å². The normalized spacial score (nSPS) is 15.1. The van der Waals surface area contributed by atoms with Crippen LogP contribution in [0.5, 0.6) is 11.5 Å². The van der Waals surface area contributed by atoms with E-state index in [0.717, 1.165) is 24.3 Å². The van der Waals surface area contributed by atoms with Gasteiger partial charge in [0.15, 0.2) is 9.84 Å². The van der Waals surface area contributed by atoms with Crippen LogP contribution in [0.25, 0.3) is 4.91 Å². The predicted octanol–water partition coefficient (Wildman–Crippen LogP) is 8.38. The first-order valence-corrected chi connectivity index (χ1v) is 14.5. The Labute approximate surface area is 252 Å². The van der Waals surface area contributed by atoms with E-state index in [2.05, 4.69) is 9.47 Å². The Morgan fingerprint density at radius 3 is 1.33 bits per heavy atom. The molecule has 0 spiro atoms. The Hall–Kier alpha value is -3.93. The van der Waals surface area contributed by atoms with Gasteiger partial charge in [-0.1, -0.05) is 24.3 Å². The molecule has 0 aromatic heterocycles.